The van der Waals surface area contributed by atoms with Crippen LogP contribution < -0.4 is 15.6 Å². The molecule has 124 valence electrons. The lowest BCUT2D eigenvalue weighted by Crippen LogP contribution is -2.41. The molecule has 0 unspecified atom stereocenters. The molecule has 0 heterocycles. The number of ether oxygens (including phenoxy) is 1. The maximum atomic E-state index is 12.0. The Hall–Kier alpha value is -2.94. The molecule has 24 heavy (non-hydrogen) atoms. The lowest BCUT2D eigenvalue weighted by Gasteiger charge is -2.09. The Kier molecular flexibility index (Phi) is 5.48. The van der Waals surface area contributed by atoms with Crippen molar-refractivity contribution in [2.45, 2.75) is 0 Å². The molecular weight excluding hydrogens is 382 g/mol. The van der Waals surface area contributed by atoms with Gasteiger partial charge in [-0.05, 0) is 40.2 Å². The SMILES string of the molecule is COc1ccc(C(=O)NNC(=O)c2cccc([N+](=O)[O-])c2)cc1Br. The molecule has 0 saturated heterocycles. The van der Waals surface area contributed by atoms with Crippen LogP contribution in [0, 0.1) is 10.1 Å². The molecule has 2 amide bonds. The molecule has 2 aromatic rings. The molecule has 0 radical (unpaired) electrons. The van der Waals surface area contributed by atoms with Crippen LogP contribution >= 0.6 is 15.9 Å². The van der Waals surface area contributed by atoms with E-state index in [2.05, 4.69) is 26.8 Å². The molecule has 2 rings (SSSR count). The number of carbonyl (C=O) groups excluding carboxylic acids is 2. The highest BCUT2D eigenvalue weighted by Gasteiger charge is 2.13. The molecule has 0 saturated carbocycles. The minimum atomic E-state index is -0.667. The van der Waals surface area contributed by atoms with E-state index in [0.29, 0.717) is 15.8 Å². The Morgan fingerprint density at radius 2 is 1.71 bits per heavy atom. The number of methoxy groups -OCH3 is 1. The number of non-ortho nitro benzene ring substituents is 1. The van der Waals surface area contributed by atoms with Crippen LogP contribution in [0.2, 0.25) is 0 Å². The maximum absolute atomic E-state index is 12.0. The number of hydrogen-bond donors (Lipinski definition) is 2. The highest BCUT2D eigenvalue weighted by molar-refractivity contribution is 9.10. The fourth-order valence-corrected chi connectivity index (χ4v) is 2.37. The first kappa shape index (κ1) is 17.4. The molecule has 2 N–H and O–H groups in total. The van der Waals surface area contributed by atoms with Gasteiger partial charge in [-0.3, -0.25) is 30.6 Å². The number of nitrogens with one attached hydrogen (secondary N) is 2. The number of nitrogens with zero attached hydrogens (tertiary/aromatic N) is 1. The van der Waals surface area contributed by atoms with Crippen molar-refractivity contribution in [2.75, 3.05) is 7.11 Å². The number of benzene rings is 2. The largest absolute Gasteiger partial charge is 0.496 e. The van der Waals surface area contributed by atoms with E-state index in [1.807, 2.05) is 0 Å². The van der Waals surface area contributed by atoms with Gasteiger partial charge in [0, 0.05) is 23.3 Å². The second-order valence-electron chi connectivity index (χ2n) is 4.57. The maximum Gasteiger partial charge on any atom is 0.270 e. The zero-order valence-corrected chi connectivity index (χ0v) is 14.0. The number of hydrogen-bond acceptors (Lipinski definition) is 5. The number of halogens is 1. The summed E-state index contributed by atoms with van der Waals surface area (Å²) in [4.78, 5) is 34.1. The van der Waals surface area contributed by atoms with Crippen molar-refractivity contribution in [3.63, 3.8) is 0 Å². The second-order valence-corrected chi connectivity index (χ2v) is 5.42. The van der Waals surface area contributed by atoms with Crippen LogP contribution in [0.4, 0.5) is 5.69 Å². The molecule has 2 aromatic carbocycles. The molecule has 8 nitrogen and oxygen atoms in total. The number of nitro benzene ring substituents is 1. The third-order valence-corrected chi connectivity index (χ3v) is 3.64. The third kappa shape index (κ3) is 4.07. The number of amides is 2. The van der Waals surface area contributed by atoms with Crippen LogP contribution in [0.15, 0.2) is 46.9 Å². The Labute approximate surface area is 145 Å². The van der Waals surface area contributed by atoms with Crippen molar-refractivity contribution >= 4 is 33.4 Å². The van der Waals surface area contributed by atoms with Gasteiger partial charge in [0.2, 0.25) is 0 Å². The van der Waals surface area contributed by atoms with Crippen molar-refractivity contribution in [1.82, 2.24) is 10.9 Å². The number of nitro groups is 1. The van der Waals surface area contributed by atoms with Crippen LogP contribution in [0.3, 0.4) is 0 Å². The average Bonchev–Trinajstić information content (AvgIpc) is 2.59. The van der Waals surface area contributed by atoms with Gasteiger partial charge in [-0.2, -0.15) is 0 Å². The molecule has 0 bridgehead atoms. The average molecular weight is 394 g/mol. The van der Waals surface area contributed by atoms with Crippen molar-refractivity contribution in [1.29, 1.82) is 0 Å². The first-order valence-electron chi connectivity index (χ1n) is 6.61. The lowest BCUT2D eigenvalue weighted by molar-refractivity contribution is -0.384. The summed E-state index contributed by atoms with van der Waals surface area (Å²) in [6.45, 7) is 0. The predicted molar refractivity (Wildman–Crippen MR) is 88.7 cm³/mol. The quantitative estimate of drug-likeness (QED) is 0.612. The monoisotopic (exact) mass is 393 g/mol. The van der Waals surface area contributed by atoms with Gasteiger partial charge in [-0.25, -0.2) is 0 Å². The van der Waals surface area contributed by atoms with Gasteiger partial charge in [-0.15, -0.1) is 0 Å². The van der Waals surface area contributed by atoms with Crippen LogP contribution in [-0.4, -0.2) is 23.8 Å². The molecule has 0 spiro atoms. The summed E-state index contributed by atoms with van der Waals surface area (Å²) in [5.41, 5.74) is 4.58. The van der Waals surface area contributed by atoms with Crippen LogP contribution in [0.1, 0.15) is 20.7 Å². The summed E-state index contributed by atoms with van der Waals surface area (Å²) in [5.74, 6) is -0.649. The van der Waals surface area contributed by atoms with Gasteiger partial charge < -0.3 is 4.74 Å². The van der Waals surface area contributed by atoms with Gasteiger partial charge in [0.1, 0.15) is 5.75 Å². The smallest absolute Gasteiger partial charge is 0.270 e. The van der Waals surface area contributed by atoms with E-state index >= 15 is 0 Å². The van der Waals surface area contributed by atoms with Gasteiger partial charge in [0.15, 0.2) is 0 Å². The Bertz CT molecular complexity index is 809. The number of rotatable bonds is 4. The highest BCUT2D eigenvalue weighted by atomic mass is 79.9. The minimum Gasteiger partial charge on any atom is -0.496 e. The zero-order chi connectivity index (χ0) is 17.7. The summed E-state index contributed by atoms with van der Waals surface area (Å²) in [6.07, 6.45) is 0. The summed E-state index contributed by atoms with van der Waals surface area (Å²) >= 11 is 3.26. The molecule has 0 atom stereocenters. The summed E-state index contributed by atoms with van der Waals surface area (Å²) in [5, 5.41) is 10.7. The van der Waals surface area contributed by atoms with Crippen LogP contribution in [-0.2, 0) is 0 Å². The van der Waals surface area contributed by atoms with E-state index < -0.39 is 16.7 Å². The molecule has 0 aromatic heterocycles. The minimum absolute atomic E-state index is 0.0559. The van der Waals surface area contributed by atoms with Gasteiger partial charge >= 0.3 is 0 Å². The fraction of sp³-hybridized carbons (Fsp3) is 0.0667. The van der Waals surface area contributed by atoms with E-state index in [4.69, 9.17) is 4.74 Å². The standard InChI is InChI=1S/C15H12BrN3O5/c1-24-13-6-5-10(8-12(13)16)15(21)18-17-14(20)9-3-2-4-11(7-9)19(22)23/h2-8H,1H3,(H,17,20)(H,18,21). The first-order chi connectivity index (χ1) is 11.4. The fourth-order valence-electron chi connectivity index (χ4n) is 1.83. The van der Waals surface area contributed by atoms with Gasteiger partial charge in [0.25, 0.3) is 17.5 Å². The van der Waals surface area contributed by atoms with E-state index in [-0.39, 0.29) is 11.3 Å². The van der Waals surface area contributed by atoms with E-state index in [1.54, 1.807) is 6.07 Å². The molecule has 0 aliphatic heterocycles. The van der Waals surface area contributed by atoms with E-state index in [1.165, 1.54) is 37.4 Å². The Balaban J connectivity index is 2.03. The number of hydrazine groups is 1. The van der Waals surface area contributed by atoms with Crippen LogP contribution in [0.25, 0.3) is 0 Å². The van der Waals surface area contributed by atoms with Gasteiger partial charge in [0.05, 0.1) is 16.5 Å². The molecule has 0 aliphatic carbocycles. The highest BCUT2D eigenvalue weighted by Crippen LogP contribution is 2.25. The molecule has 0 aliphatic rings. The number of carbonyl (C=O) groups is 2. The molecule has 9 heteroatoms. The van der Waals surface area contributed by atoms with Crippen molar-refractivity contribution in [3.8, 4) is 5.75 Å². The second kappa shape index (κ2) is 7.55. The zero-order valence-electron chi connectivity index (χ0n) is 12.4. The predicted octanol–water partition coefficient (Wildman–Crippen LogP) is 2.44. The van der Waals surface area contributed by atoms with Gasteiger partial charge in [-0.1, -0.05) is 6.07 Å². The molecule has 0 fully saturated rings. The first-order valence-corrected chi connectivity index (χ1v) is 7.40. The van der Waals surface area contributed by atoms with Crippen LogP contribution in [0.5, 0.6) is 5.75 Å². The molecular formula is C15H12BrN3O5. The Morgan fingerprint density at radius 3 is 2.25 bits per heavy atom. The van der Waals surface area contributed by atoms with E-state index in [0.717, 1.165) is 6.07 Å². The van der Waals surface area contributed by atoms with Crippen molar-refractivity contribution in [2.24, 2.45) is 0 Å². The topological polar surface area (TPSA) is 111 Å². The summed E-state index contributed by atoms with van der Waals surface area (Å²) < 4.78 is 5.65. The Morgan fingerprint density at radius 1 is 1.08 bits per heavy atom. The normalized spacial score (nSPS) is 9.92. The van der Waals surface area contributed by atoms with Crippen molar-refractivity contribution < 1.29 is 19.2 Å². The van der Waals surface area contributed by atoms with E-state index in [9.17, 15) is 19.7 Å². The lowest BCUT2D eigenvalue weighted by atomic mass is 10.2. The third-order valence-electron chi connectivity index (χ3n) is 3.02. The summed E-state index contributed by atoms with van der Waals surface area (Å²) in [7, 11) is 1.50. The summed E-state index contributed by atoms with van der Waals surface area (Å²) in [6, 6.07) is 9.83. The van der Waals surface area contributed by atoms with Crippen molar-refractivity contribution in [3.05, 3.63) is 68.2 Å².